The van der Waals surface area contributed by atoms with Crippen LogP contribution in [0.15, 0.2) is 97.1 Å². The summed E-state index contributed by atoms with van der Waals surface area (Å²) in [5.74, 6) is 2.39. The van der Waals surface area contributed by atoms with Crippen molar-refractivity contribution >= 4 is 44.1 Å². The summed E-state index contributed by atoms with van der Waals surface area (Å²) in [5, 5.41) is 3.82. The third-order valence-electron chi connectivity index (χ3n) is 7.46. The quantitative estimate of drug-likeness (QED) is 0.168. The van der Waals surface area contributed by atoms with Crippen LogP contribution in [0.25, 0.3) is 89.7 Å². The topological polar surface area (TPSA) is 109 Å². The zero-order valence-electron chi connectivity index (χ0n) is 21.4. The molecule has 8 nitrogen and oxygen atoms in total. The van der Waals surface area contributed by atoms with Crippen LogP contribution in [0.4, 0.5) is 0 Å². The van der Waals surface area contributed by atoms with E-state index >= 15 is 0 Å². The van der Waals surface area contributed by atoms with Crippen LogP contribution in [0.3, 0.4) is 0 Å². The molecule has 0 saturated heterocycles. The van der Waals surface area contributed by atoms with Gasteiger partial charge >= 0.3 is 0 Å². The summed E-state index contributed by atoms with van der Waals surface area (Å²) in [6.07, 6.45) is 0. The van der Waals surface area contributed by atoms with Crippen LogP contribution in [-0.4, -0.2) is 39.9 Å². The number of benzene rings is 4. The SMILES string of the molecule is [Hf].c1ccc2c(c1)-c1nc-2nc2[nH]c(nc3nc(nc4[nH]c(n1)c1ccccc41)-c1ccccc1-3)c1ccccc21. The normalized spacial score (nSPS) is 11.7. The van der Waals surface area contributed by atoms with Gasteiger partial charge in [0.05, 0.1) is 0 Å². The Hall–Kier alpha value is -4.89. The van der Waals surface area contributed by atoms with Gasteiger partial charge in [0.25, 0.3) is 0 Å². The molecular formula is C32H18HfN8. The standard InChI is InChI=1S/C32H18N8.Hf/c1-2-10-18-17(9-1)25-33-26(18)38-28-21-13-5-6-14-22(21)30(35-28)40-32-24-16-8-7-15-23(24)31(36-32)39-29-20-12-4-3-11-19(20)27(34-29)37-25;/h1-16H,(H2,33,34,35,36,37,38,39,40);. The summed E-state index contributed by atoms with van der Waals surface area (Å²) in [7, 11) is 0. The van der Waals surface area contributed by atoms with Gasteiger partial charge < -0.3 is 9.97 Å². The number of fused-ring (bicyclic) bond motifs is 20. The van der Waals surface area contributed by atoms with Crippen LogP contribution in [0.1, 0.15) is 0 Å². The van der Waals surface area contributed by atoms with Crippen molar-refractivity contribution in [1.82, 2.24) is 39.9 Å². The van der Waals surface area contributed by atoms with Crippen molar-refractivity contribution in [3.05, 3.63) is 97.1 Å². The molecule has 9 rings (SSSR count). The fourth-order valence-corrected chi connectivity index (χ4v) is 5.59. The average Bonchev–Trinajstić information content (AvgIpc) is 3.73. The molecular weight excluding hydrogens is 675 g/mol. The first-order valence-electron chi connectivity index (χ1n) is 13.0. The molecule has 190 valence electrons. The maximum absolute atomic E-state index is 5.02. The maximum atomic E-state index is 5.02. The van der Waals surface area contributed by atoms with Gasteiger partial charge in [-0.25, -0.2) is 29.9 Å². The molecule has 0 amide bonds. The molecule has 3 aromatic heterocycles. The number of hydrogen-bond donors (Lipinski definition) is 2. The van der Waals surface area contributed by atoms with Gasteiger partial charge in [-0.15, -0.1) is 0 Å². The molecule has 0 atom stereocenters. The van der Waals surface area contributed by atoms with Gasteiger partial charge in [0.15, 0.2) is 23.3 Å². The Morgan fingerprint density at radius 1 is 0.317 bits per heavy atom. The van der Waals surface area contributed by atoms with E-state index in [-0.39, 0.29) is 25.8 Å². The number of hydrogen-bond acceptors (Lipinski definition) is 6. The fraction of sp³-hybridized carbons (Fsp3) is 0. The predicted octanol–water partition coefficient (Wildman–Crippen LogP) is 6.87. The molecule has 0 radical (unpaired) electrons. The molecule has 7 aromatic rings. The Morgan fingerprint density at radius 3 is 0.829 bits per heavy atom. The van der Waals surface area contributed by atoms with E-state index in [4.69, 9.17) is 29.9 Å². The summed E-state index contributed by atoms with van der Waals surface area (Å²) < 4.78 is 0. The number of aromatic amines is 2. The van der Waals surface area contributed by atoms with Crippen molar-refractivity contribution in [2.45, 2.75) is 0 Å². The molecule has 0 aliphatic carbocycles. The minimum atomic E-state index is 0. The minimum absolute atomic E-state index is 0. The van der Waals surface area contributed by atoms with Crippen molar-refractivity contribution in [1.29, 1.82) is 0 Å². The van der Waals surface area contributed by atoms with Gasteiger partial charge in [0.1, 0.15) is 22.6 Å². The molecule has 0 fully saturated rings. The van der Waals surface area contributed by atoms with Crippen molar-refractivity contribution in [2.24, 2.45) is 0 Å². The zero-order valence-corrected chi connectivity index (χ0v) is 25.0. The van der Waals surface area contributed by atoms with Gasteiger partial charge in [-0.1, -0.05) is 97.1 Å². The van der Waals surface area contributed by atoms with E-state index in [1.807, 2.05) is 97.1 Å². The molecule has 41 heavy (non-hydrogen) atoms. The Balaban J connectivity index is 0.00000256. The average molecular weight is 693 g/mol. The molecule has 5 heterocycles. The second kappa shape index (κ2) is 9.07. The summed E-state index contributed by atoms with van der Waals surface area (Å²) in [5.41, 5.74) is 6.45. The Labute approximate surface area is 251 Å². The van der Waals surface area contributed by atoms with Crippen LogP contribution in [0.5, 0.6) is 0 Å². The van der Waals surface area contributed by atoms with E-state index in [1.54, 1.807) is 0 Å². The third kappa shape index (κ3) is 3.62. The van der Waals surface area contributed by atoms with Crippen LogP contribution < -0.4 is 0 Å². The number of rotatable bonds is 0. The van der Waals surface area contributed by atoms with Crippen molar-refractivity contribution in [3.63, 3.8) is 0 Å². The van der Waals surface area contributed by atoms with Gasteiger partial charge in [-0.2, -0.15) is 0 Å². The largest absolute Gasteiger partial charge is 0.324 e. The summed E-state index contributed by atoms with van der Waals surface area (Å²) in [6.45, 7) is 0. The monoisotopic (exact) mass is 694 g/mol. The van der Waals surface area contributed by atoms with E-state index in [9.17, 15) is 0 Å². The fourth-order valence-electron chi connectivity index (χ4n) is 5.59. The van der Waals surface area contributed by atoms with Gasteiger partial charge in [0, 0.05) is 69.6 Å². The summed E-state index contributed by atoms with van der Waals surface area (Å²) in [6, 6.07) is 32.2. The zero-order chi connectivity index (χ0) is 26.2. The van der Waals surface area contributed by atoms with E-state index in [1.165, 1.54) is 0 Å². The first-order valence-corrected chi connectivity index (χ1v) is 13.0. The number of nitrogens with one attached hydrogen (secondary N) is 2. The van der Waals surface area contributed by atoms with Crippen LogP contribution in [0.2, 0.25) is 0 Å². The van der Waals surface area contributed by atoms with Gasteiger partial charge in [-0.05, 0) is 0 Å². The molecule has 8 bridgehead atoms. The number of H-pyrrole nitrogens is 2. The Morgan fingerprint density at radius 2 is 0.561 bits per heavy atom. The number of aromatic nitrogens is 8. The third-order valence-corrected chi connectivity index (χ3v) is 7.46. The second-order valence-corrected chi connectivity index (χ2v) is 9.79. The molecule has 4 aromatic carbocycles. The van der Waals surface area contributed by atoms with E-state index < -0.39 is 0 Å². The molecule has 0 spiro atoms. The van der Waals surface area contributed by atoms with Gasteiger partial charge in [-0.3, -0.25) is 0 Å². The molecule has 2 N–H and O–H groups in total. The van der Waals surface area contributed by atoms with E-state index in [2.05, 4.69) is 9.97 Å². The first kappa shape index (κ1) is 24.0. The summed E-state index contributed by atoms with van der Waals surface area (Å²) >= 11 is 0. The van der Waals surface area contributed by atoms with Crippen LogP contribution in [0, 0.1) is 0 Å². The maximum Gasteiger partial charge on any atom is 0.164 e. The molecule has 0 unspecified atom stereocenters. The van der Waals surface area contributed by atoms with Crippen molar-refractivity contribution in [2.75, 3.05) is 0 Å². The van der Waals surface area contributed by atoms with Crippen molar-refractivity contribution < 1.29 is 25.8 Å². The smallest absolute Gasteiger partial charge is 0.164 e. The Kier molecular flexibility index (Phi) is 5.30. The predicted molar refractivity (Wildman–Crippen MR) is 156 cm³/mol. The van der Waals surface area contributed by atoms with Gasteiger partial charge in [0.2, 0.25) is 0 Å². The minimum Gasteiger partial charge on any atom is -0.324 e. The van der Waals surface area contributed by atoms with E-state index in [0.29, 0.717) is 45.9 Å². The Bertz CT molecular complexity index is 2030. The molecule has 9 heteroatoms. The van der Waals surface area contributed by atoms with E-state index in [0.717, 1.165) is 43.8 Å². The summed E-state index contributed by atoms with van der Waals surface area (Å²) in [4.78, 5) is 36.8. The first-order chi connectivity index (χ1) is 19.8. The van der Waals surface area contributed by atoms with Crippen molar-refractivity contribution in [3.8, 4) is 45.6 Å². The molecule has 0 saturated carbocycles. The number of nitrogens with zero attached hydrogens (tertiary/aromatic N) is 6. The van der Waals surface area contributed by atoms with Crippen LogP contribution >= 0.6 is 0 Å². The van der Waals surface area contributed by atoms with Crippen LogP contribution in [-0.2, 0) is 25.8 Å². The second-order valence-electron chi connectivity index (χ2n) is 9.79. The molecule has 2 aliphatic heterocycles. The molecule has 2 aliphatic rings.